The molecule has 3 aliphatic heterocycles. The fourth-order valence-electron chi connectivity index (χ4n) is 5.82. The highest BCUT2D eigenvalue weighted by Crippen LogP contribution is 2.32. The highest BCUT2D eigenvalue weighted by Gasteiger charge is 2.52. The molecular weight excluding hydrogens is 514 g/mol. The predicted molar refractivity (Wildman–Crippen MR) is 151 cm³/mol. The van der Waals surface area contributed by atoms with E-state index in [9.17, 15) is 19.2 Å². The monoisotopic (exact) mass is 551 g/mol. The average Bonchev–Trinajstić information content (AvgIpc) is 3.68. The van der Waals surface area contributed by atoms with Gasteiger partial charge >= 0.3 is 6.03 Å². The fourth-order valence-corrected chi connectivity index (χ4v) is 6.55. The van der Waals surface area contributed by atoms with Crippen LogP contribution in [0, 0.1) is 5.92 Å². The van der Waals surface area contributed by atoms with E-state index in [0.717, 1.165) is 18.7 Å². The Bertz CT molecular complexity index is 1190. The van der Waals surface area contributed by atoms with Crippen LogP contribution in [0.25, 0.3) is 10.4 Å². The zero-order valence-electron chi connectivity index (χ0n) is 22.7. The molecule has 5 rings (SSSR count). The van der Waals surface area contributed by atoms with Crippen LogP contribution in [0.5, 0.6) is 0 Å². The van der Waals surface area contributed by atoms with Crippen molar-refractivity contribution < 1.29 is 19.2 Å². The molecular formula is C29H37N5O4S. The Labute approximate surface area is 233 Å². The maximum Gasteiger partial charge on any atom is 0.320 e. The van der Waals surface area contributed by atoms with E-state index in [1.807, 2.05) is 54.6 Å². The molecule has 1 N–H and O–H groups in total. The van der Waals surface area contributed by atoms with E-state index in [0.29, 0.717) is 51.0 Å². The van der Waals surface area contributed by atoms with E-state index in [4.69, 9.17) is 0 Å². The number of piperazine rings is 1. The Hall–Kier alpha value is -3.24. The second-order valence-electron chi connectivity index (χ2n) is 11.0. The van der Waals surface area contributed by atoms with Crippen LogP contribution in [0.15, 0.2) is 41.8 Å². The normalized spacial score (nSPS) is 22.2. The molecule has 9 nitrogen and oxygen atoms in total. The summed E-state index contributed by atoms with van der Waals surface area (Å²) in [5, 5.41) is 4.98. The van der Waals surface area contributed by atoms with Gasteiger partial charge in [0, 0.05) is 56.1 Å². The minimum atomic E-state index is -0.530. The number of hydrogen-bond donors (Lipinski definition) is 1. The third-order valence-electron chi connectivity index (χ3n) is 8.16. The summed E-state index contributed by atoms with van der Waals surface area (Å²) >= 11 is 1.66. The lowest BCUT2D eigenvalue weighted by Gasteiger charge is -2.36. The first-order valence-corrected chi connectivity index (χ1v) is 14.7. The number of Topliss-reactive ketones (excluding diaryl/α,β-unsaturated/α-hetero) is 1. The summed E-state index contributed by atoms with van der Waals surface area (Å²) in [6.07, 6.45) is 1.61. The number of nitrogens with one attached hydrogen (secondary N) is 1. The average molecular weight is 552 g/mol. The van der Waals surface area contributed by atoms with Crippen molar-refractivity contribution >= 4 is 35.0 Å². The molecule has 1 aromatic carbocycles. The number of thiophene rings is 1. The summed E-state index contributed by atoms with van der Waals surface area (Å²) in [7, 11) is 2.04. The molecule has 2 aromatic rings. The van der Waals surface area contributed by atoms with Gasteiger partial charge in [-0.1, -0.05) is 25.1 Å². The van der Waals surface area contributed by atoms with E-state index in [2.05, 4.69) is 16.3 Å². The Kier molecular flexibility index (Phi) is 8.32. The number of likely N-dealkylation sites (tertiary alicyclic amines) is 2. The van der Waals surface area contributed by atoms with Crippen molar-refractivity contribution in [1.29, 1.82) is 0 Å². The van der Waals surface area contributed by atoms with Gasteiger partial charge in [0.15, 0.2) is 5.78 Å². The lowest BCUT2D eigenvalue weighted by Crippen LogP contribution is -2.53. The molecule has 0 saturated carbocycles. The van der Waals surface area contributed by atoms with Gasteiger partial charge in [0.05, 0.1) is 12.6 Å². The molecule has 0 radical (unpaired) electrons. The summed E-state index contributed by atoms with van der Waals surface area (Å²) in [6, 6.07) is 10.8. The van der Waals surface area contributed by atoms with Crippen LogP contribution in [0.1, 0.15) is 36.5 Å². The molecule has 10 heteroatoms. The molecule has 3 atom stereocenters. The van der Waals surface area contributed by atoms with E-state index in [1.54, 1.807) is 21.1 Å². The van der Waals surface area contributed by atoms with Gasteiger partial charge < -0.3 is 24.9 Å². The zero-order chi connectivity index (χ0) is 27.5. The highest BCUT2D eigenvalue weighted by molar-refractivity contribution is 7.13. The molecule has 4 heterocycles. The fraction of sp³-hybridized carbons (Fsp3) is 0.517. The van der Waals surface area contributed by atoms with E-state index in [-0.39, 0.29) is 42.1 Å². The van der Waals surface area contributed by atoms with Gasteiger partial charge in [-0.3, -0.25) is 14.4 Å². The van der Waals surface area contributed by atoms with Crippen molar-refractivity contribution in [3.8, 4) is 10.4 Å². The van der Waals surface area contributed by atoms with Crippen molar-refractivity contribution in [1.82, 2.24) is 24.9 Å². The molecule has 3 saturated heterocycles. The largest absolute Gasteiger partial charge is 0.352 e. The number of fused-ring (bicyclic) bond motifs is 1. The van der Waals surface area contributed by atoms with Crippen molar-refractivity contribution in [2.75, 3.05) is 52.9 Å². The van der Waals surface area contributed by atoms with E-state index in [1.165, 1.54) is 4.88 Å². The number of carbonyl (C=O) groups is 4. The standard InChI is InChI=1S/C29H37N5O4S/c1-20(9-11-30-28(37)22-7-5-21(6-8-22)25-4-3-17-39-25)18-26(36)33-12-10-23-27(33)24(35)19-34(23)29(38)32-15-13-31(2)14-16-32/h3-8,17,20,23,27H,9-16,18-19H2,1-2H3,(H,30,37). The van der Waals surface area contributed by atoms with Crippen LogP contribution in [0.4, 0.5) is 4.79 Å². The van der Waals surface area contributed by atoms with Gasteiger partial charge in [-0.2, -0.15) is 0 Å². The van der Waals surface area contributed by atoms with Crippen molar-refractivity contribution in [2.24, 2.45) is 5.92 Å². The van der Waals surface area contributed by atoms with Crippen LogP contribution in [0.2, 0.25) is 0 Å². The van der Waals surface area contributed by atoms with Gasteiger partial charge in [0.25, 0.3) is 5.91 Å². The van der Waals surface area contributed by atoms with Gasteiger partial charge in [0.1, 0.15) is 6.04 Å². The number of amides is 4. The van der Waals surface area contributed by atoms with Crippen molar-refractivity contribution in [3.63, 3.8) is 0 Å². The van der Waals surface area contributed by atoms with Crippen molar-refractivity contribution in [3.05, 3.63) is 47.3 Å². The summed E-state index contributed by atoms with van der Waals surface area (Å²) in [5.74, 6) is -0.168. The Morgan fingerprint density at radius 2 is 1.77 bits per heavy atom. The topological polar surface area (TPSA) is 93.3 Å². The molecule has 0 spiro atoms. The van der Waals surface area contributed by atoms with Crippen LogP contribution in [-0.4, -0.2) is 108 Å². The Balaban J connectivity index is 1.08. The number of hydrogen-bond acceptors (Lipinski definition) is 6. The molecule has 0 bridgehead atoms. The third kappa shape index (κ3) is 6.01. The number of ketones is 1. The van der Waals surface area contributed by atoms with Crippen LogP contribution in [-0.2, 0) is 9.59 Å². The lowest BCUT2D eigenvalue weighted by molar-refractivity contribution is -0.137. The number of carbonyl (C=O) groups excluding carboxylic acids is 4. The minimum absolute atomic E-state index is 0.0432. The quantitative estimate of drug-likeness (QED) is 0.571. The molecule has 208 valence electrons. The molecule has 3 unspecified atom stereocenters. The SMILES string of the molecule is CC(CCNC(=O)c1ccc(-c2cccs2)cc1)CC(=O)N1CCC2C1C(=O)CN2C(=O)N1CCN(C)CC1. The first-order chi connectivity index (χ1) is 18.8. The summed E-state index contributed by atoms with van der Waals surface area (Å²) in [5.41, 5.74) is 1.70. The molecule has 4 amide bonds. The Morgan fingerprint density at radius 3 is 2.46 bits per heavy atom. The van der Waals surface area contributed by atoms with E-state index < -0.39 is 6.04 Å². The predicted octanol–water partition coefficient (Wildman–Crippen LogP) is 2.78. The molecule has 1 aromatic heterocycles. The first kappa shape index (κ1) is 27.3. The molecule has 39 heavy (non-hydrogen) atoms. The van der Waals surface area contributed by atoms with Gasteiger partial charge in [0.2, 0.25) is 5.91 Å². The summed E-state index contributed by atoms with van der Waals surface area (Å²) < 4.78 is 0. The van der Waals surface area contributed by atoms with E-state index >= 15 is 0 Å². The number of urea groups is 1. The molecule has 3 aliphatic rings. The number of nitrogens with zero attached hydrogens (tertiary/aromatic N) is 4. The zero-order valence-corrected chi connectivity index (χ0v) is 23.5. The number of rotatable bonds is 7. The molecule has 3 fully saturated rings. The minimum Gasteiger partial charge on any atom is -0.352 e. The Morgan fingerprint density at radius 1 is 1.03 bits per heavy atom. The van der Waals surface area contributed by atoms with Crippen LogP contribution in [0.3, 0.4) is 0 Å². The van der Waals surface area contributed by atoms with Crippen molar-refractivity contribution in [2.45, 2.75) is 38.3 Å². The second-order valence-corrected chi connectivity index (χ2v) is 11.9. The highest BCUT2D eigenvalue weighted by atomic mass is 32.1. The number of likely N-dealkylation sites (N-methyl/N-ethyl adjacent to an activating group) is 1. The lowest BCUT2D eigenvalue weighted by atomic mass is 10.0. The first-order valence-electron chi connectivity index (χ1n) is 13.8. The number of benzene rings is 1. The smallest absolute Gasteiger partial charge is 0.320 e. The third-order valence-corrected chi connectivity index (χ3v) is 9.08. The summed E-state index contributed by atoms with van der Waals surface area (Å²) in [4.78, 5) is 60.4. The summed E-state index contributed by atoms with van der Waals surface area (Å²) in [6.45, 7) is 6.02. The molecule has 0 aliphatic carbocycles. The van der Waals surface area contributed by atoms with Gasteiger partial charge in [-0.05, 0) is 54.9 Å². The van der Waals surface area contributed by atoms with Crippen LogP contribution >= 0.6 is 11.3 Å². The van der Waals surface area contributed by atoms with Gasteiger partial charge in [-0.25, -0.2) is 4.79 Å². The van der Waals surface area contributed by atoms with Crippen LogP contribution < -0.4 is 5.32 Å². The van der Waals surface area contributed by atoms with Gasteiger partial charge in [-0.15, -0.1) is 11.3 Å². The second kappa shape index (κ2) is 11.9. The maximum atomic E-state index is 13.2. The maximum absolute atomic E-state index is 13.2.